The number of esters is 1. The number of carbonyl (C=O) groups is 3. The van der Waals surface area contributed by atoms with Gasteiger partial charge in [0.2, 0.25) is 11.2 Å². The van der Waals surface area contributed by atoms with Gasteiger partial charge in [0.1, 0.15) is 17.5 Å². The summed E-state index contributed by atoms with van der Waals surface area (Å²) < 4.78 is 5.33. The molecule has 1 aromatic heterocycles. The molecular weight excluding hydrogens is 448 g/mol. The number of amides is 3. The Bertz CT molecular complexity index is 1040. The van der Waals surface area contributed by atoms with Crippen molar-refractivity contribution in [1.29, 1.82) is 0 Å². The molecule has 176 valence electrons. The molecule has 0 radical (unpaired) electrons. The van der Waals surface area contributed by atoms with E-state index in [0.29, 0.717) is 25.2 Å². The molecule has 1 aliphatic rings. The van der Waals surface area contributed by atoms with Crippen molar-refractivity contribution in [3.05, 3.63) is 46.5 Å². The third kappa shape index (κ3) is 7.11. The average molecular weight is 475 g/mol. The van der Waals surface area contributed by atoms with E-state index in [1.165, 1.54) is 7.05 Å². The molecule has 11 heteroatoms. The van der Waals surface area contributed by atoms with Crippen molar-refractivity contribution in [2.45, 2.75) is 58.2 Å². The van der Waals surface area contributed by atoms with Crippen LogP contribution in [-0.2, 0) is 33.7 Å². The number of nitrogens with one attached hydrogen (secondary N) is 2. The maximum absolute atomic E-state index is 12.1. The highest BCUT2D eigenvalue weighted by molar-refractivity contribution is 6.28. The molecule has 0 saturated carbocycles. The summed E-state index contributed by atoms with van der Waals surface area (Å²) in [6, 6.07) is 6.61. The van der Waals surface area contributed by atoms with Gasteiger partial charge in [-0.15, -0.1) is 0 Å². The van der Waals surface area contributed by atoms with Crippen LogP contribution in [0.4, 0.5) is 10.7 Å². The predicted octanol–water partition coefficient (Wildman–Crippen LogP) is 2.50. The zero-order valence-electron chi connectivity index (χ0n) is 19.0. The lowest BCUT2D eigenvalue weighted by Crippen LogP contribution is -2.32. The van der Waals surface area contributed by atoms with Crippen LogP contribution in [0.15, 0.2) is 24.3 Å². The molecule has 1 saturated heterocycles. The average Bonchev–Trinajstić information content (AvgIpc) is 2.96. The summed E-state index contributed by atoms with van der Waals surface area (Å²) >= 11 is 6.01. The summed E-state index contributed by atoms with van der Waals surface area (Å²) in [5, 5.41) is 5.66. The van der Waals surface area contributed by atoms with E-state index in [0.717, 1.165) is 16.0 Å². The normalized spacial score (nSPS) is 16.0. The van der Waals surface area contributed by atoms with E-state index in [9.17, 15) is 14.4 Å². The first-order valence-electron chi connectivity index (χ1n) is 10.5. The van der Waals surface area contributed by atoms with Gasteiger partial charge in [-0.3, -0.25) is 14.5 Å². The van der Waals surface area contributed by atoms with Crippen molar-refractivity contribution >= 4 is 35.5 Å². The lowest BCUT2D eigenvalue weighted by Gasteiger charge is -2.19. The molecule has 0 aliphatic carbocycles. The number of likely N-dealkylation sites (N-methyl/N-ethyl adjacent to an activating group) is 1. The molecule has 33 heavy (non-hydrogen) atoms. The first kappa shape index (κ1) is 24.4. The highest BCUT2D eigenvalue weighted by atomic mass is 35.5. The van der Waals surface area contributed by atoms with Gasteiger partial charge >= 0.3 is 12.0 Å². The molecule has 1 unspecified atom stereocenters. The van der Waals surface area contributed by atoms with Crippen LogP contribution in [0.1, 0.15) is 44.1 Å². The van der Waals surface area contributed by atoms with Gasteiger partial charge in [0.25, 0.3) is 5.91 Å². The minimum absolute atomic E-state index is 0.00915. The van der Waals surface area contributed by atoms with Crippen LogP contribution >= 0.6 is 11.6 Å². The smallest absolute Gasteiger partial charge is 0.324 e. The maximum Gasteiger partial charge on any atom is 0.324 e. The van der Waals surface area contributed by atoms with E-state index >= 15 is 0 Å². The molecule has 3 rings (SSSR count). The number of carbonyl (C=O) groups excluding carboxylic acids is 3. The number of halogens is 1. The quantitative estimate of drug-likeness (QED) is 0.441. The third-order valence-electron chi connectivity index (χ3n) is 4.78. The number of benzene rings is 1. The van der Waals surface area contributed by atoms with E-state index in [4.69, 9.17) is 16.3 Å². The zero-order valence-corrected chi connectivity index (χ0v) is 19.8. The molecule has 1 fully saturated rings. The number of ether oxygens (including phenoxy) is 1. The number of hydrogen-bond donors (Lipinski definition) is 2. The number of hydrogen-bond acceptors (Lipinski definition) is 8. The van der Waals surface area contributed by atoms with Gasteiger partial charge in [-0.1, -0.05) is 24.3 Å². The number of nitrogens with zero attached hydrogens (tertiary/aromatic N) is 4. The van der Waals surface area contributed by atoms with Gasteiger partial charge in [-0.25, -0.2) is 9.78 Å². The van der Waals surface area contributed by atoms with E-state index in [1.807, 2.05) is 45.0 Å². The van der Waals surface area contributed by atoms with Crippen molar-refractivity contribution in [3.63, 3.8) is 0 Å². The summed E-state index contributed by atoms with van der Waals surface area (Å²) in [4.78, 5) is 49.0. The van der Waals surface area contributed by atoms with Crippen LogP contribution in [-0.4, -0.2) is 56.5 Å². The van der Waals surface area contributed by atoms with E-state index < -0.39 is 17.7 Å². The van der Waals surface area contributed by atoms with Gasteiger partial charge in [-0.05, 0) is 49.9 Å². The van der Waals surface area contributed by atoms with Gasteiger partial charge in [0.15, 0.2) is 0 Å². The monoisotopic (exact) mass is 474 g/mol. The van der Waals surface area contributed by atoms with Gasteiger partial charge in [0, 0.05) is 26.4 Å². The molecule has 2 aromatic rings. The van der Waals surface area contributed by atoms with Crippen LogP contribution in [0.25, 0.3) is 0 Å². The minimum Gasteiger partial charge on any atom is -0.460 e. The fourth-order valence-corrected chi connectivity index (χ4v) is 3.35. The van der Waals surface area contributed by atoms with Crippen LogP contribution in [0.5, 0.6) is 0 Å². The summed E-state index contributed by atoms with van der Waals surface area (Å²) in [7, 11) is 1.41. The molecular formula is C22H27ClN6O4. The van der Waals surface area contributed by atoms with Crippen molar-refractivity contribution < 1.29 is 19.1 Å². The molecule has 0 spiro atoms. The molecule has 2 N–H and O–H groups in total. The van der Waals surface area contributed by atoms with Crippen LogP contribution in [0.3, 0.4) is 0 Å². The highest BCUT2D eigenvalue weighted by Crippen LogP contribution is 2.14. The Labute approximate surface area is 197 Å². The summed E-state index contributed by atoms with van der Waals surface area (Å²) in [6.07, 6.45) is 1.03. The standard InChI is InChI=1S/C22H27ClN6O4/c1-22(2,3)33-17(30)10-9-13-5-7-14(8-6-13)12-24-20-27-16(26-19(23)28-20)11-15-18(31)29(4)21(32)25-15/h5-8,15H,9-12H2,1-4H3,(H,25,32)(H,24,26,27,28). The van der Waals surface area contributed by atoms with Crippen molar-refractivity contribution in [1.82, 2.24) is 25.2 Å². The van der Waals surface area contributed by atoms with Crippen molar-refractivity contribution in [2.24, 2.45) is 0 Å². The number of urea groups is 1. The molecule has 3 amide bonds. The lowest BCUT2D eigenvalue weighted by molar-refractivity contribution is -0.154. The third-order valence-corrected chi connectivity index (χ3v) is 4.95. The van der Waals surface area contributed by atoms with E-state index in [2.05, 4.69) is 25.6 Å². The molecule has 1 aliphatic heterocycles. The SMILES string of the molecule is CN1C(=O)NC(Cc2nc(Cl)nc(NCc3ccc(CCC(=O)OC(C)(C)C)cc3)n2)C1=O. The molecule has 1 atom stereocenters. The van der Waals surface area contributed by atoms with Gasteiger partial charge < -0.3 is 15.4 Å². The van der Waals surface area contributed by atoms with Crippen LogP contribution < -0.4 is 10.6 Å². The second-order valence-corrected chi connectivity index (χ2v) is 9.04. The van der Waals surface area contributed by atoms with Gasteiger partial charge in [-0.2, -0.15) is 9.97 Å². The maximum atomic E-state index is 12.1. The molecule has 10 nitrogen and oxygen atoms in total. The number of aryl methyl sites for hydroxylation is 1. The molecule has 2 heterocycles. The Balaban J connectivity index is 1.54. The van der Waals surface area contributed by atoms with Crippen LogP contribution in [0.2, 0.25) is 5.28 Å². The Hall–Kier alpha value is -3.27. The van der Waals surface area contributed by atoms with Crippen LogP contribution in [0, 0.1) is 0 Å². The number of aromatic nitrogens is 3. The highest BCUT2D eigenvalue weighted by Gasteiger charge is 2.36. The molecule has 0 bridgehead atoms. The summed E-state index contributed by atoms with van der Waals surface area (Å²) in [5.41, 5.74) is 1.53. The summed E-state index contributed by atoms with van der Waals surface area (Å²) in [6.45, 7) is 5.98. The fraction of sp³-hybridized carbons (Fsp3) is 0.455. The second-order valence-electron chi connectivity index (χ2n) is 8.70. The number of imide groups is 1. The number of rotatable bonds is 8. The second kappa shape index (κ2) is 10.1. The molecule has 1 aromatic carbocycles. The fourth-order valence-electron chi connectivity index (χ4n) is 3.17. The van der Waals surface area contributed by atoms with Crippen molar-refractivity contribution in [3.8, 4) is 0 Å². The number of anilines is 1. The van der Waals surface area contributed by atoms with Crippen molar-refractivity contribution in [2.75, 3.05) is 12.4 Å². The minimum atomic E-state index is -0.734. The Morgan fingerprint density at radius 2 is 1.82 bits per heavy atom. The topological polar surface area (TPSA) is 126 Å². The Morgan fingerprint density at radius 3 is 2.42 bits per heavy atom. The predicted molar refractivity (Wildman–Crippen MR) is 122 cm³/mol. The van der Waals surface area contributed by atoms with Gasteiger partial charge in [0.05, 0.1) is 0 Å². The first-order chi connectivity index (χ1) is 15.5. The largest absolute Gasteiger partial charge is 0.460 e. The lowest BCUT2D eigenvalue weighted by atomic mass is 10.1. The van der Waals surface area contributed by atoms with E-state index in [1.54, 1.807) is 0 Å². The Kier molecular flexibility index (Phi) is 7.47. The summed E-state index contributed by atoms with van der Waals surface area (Å²) in [5.74, 6) is -0.00727. The Morgan fingerprint density at radius 1 is 1.15 bits per heavy atom. The zero-order chi connectivity index (χ0) is 24.2. The van der Waals surface area contributed by atoms with E-state index in [-0.39, 0.29) is 29.5 Å². The first-order valence-corrected chi connectivity index (χ1v) is 10.9.